The van der Waals surface area contributed by atoms with Crippen LogP contribution in [0.2, 0.25) is 0 Å². The van der Waals surface area contributed by atoms with E-state index in [1.807, 2.05) is 6.92 Å². The van der Waals surface area contributed by atoms with Crippen molar-refractivity contribution in [3.63, 3.8) is 0 Å². The van der Waals surface area contributed by atoms with Crippen LogP contribution in [0.5, 0.6) is 0 Å². The van der Waals surface area contributed by atoms with Gasteiger partial charge in [0.1, 0.15) is 6.10 Å². The van der Waals surface area contributed by atoms with Gasteiger partial charge >= 0.3 is 11.9 Å². The molecule has 2 saturated heterocycles. The summed E-state index contributed by atoms with van der Waals surface area (Å²) in [5.41, 5.74) is -0.597. The van der Waals surface area contributed by atoms with Gasteiger partial charge in [0.05, 0.1) is 11.3 Å². The number of rotatable bonds is 3. The highest BCUT2D eigenvalue weighted by Crippen LogP contribution is 2.73. The van der Waals surface area contributed by atoms with Crippen LogP contribution in [0, 0.1) is 39.9 Å². The van der Waals surface area contributed by atoms with E-state index in [0.717, 1.165) is 44.9 Å². The summed E-state index contributed by atoms with van der Waals surface area (Å²) in [7, 11) is 0. The SMILES string of the molecule is CCCC(=O)O[C@@H]1C[C@H]2C(C)(C)CCC[C@]2(C)[C@H]2CC[C@H]3C(=O)O[C@H]4OC(O)[C@]21[C@H]43. The monoisotopic (exact) mass is 420 g/mol. The molecule has 5 rings (SSSR count). The molecule has 1 N–H and O–H groups in total. The third-order valence-corrected chi connectivity index (χ3v) is 9.71. The van der Waals surface area contributed by atoms with Gasteiger partial charge in [0.25, 0.3) is 0 Å². The third-order valence-electron chi connectivity index (χ3n) is 9.71. The molecular weight excluding hydrogens is 384 g/mol. The van der Waals surface area contributed by atoms with Gasteiger partial charge in [-0.1, -0.05) is 34.1 Å². The lowest BCUT2D eigenvalue weighted by molar-refractivity contribution is -0.279. The van der Waals surface area contributed by atoms with Gasteiger partial charge in [-0.25, -0.2) is 0 Å². The number of carbonyl (C=O) groups excluding carboxylic acids is 2. The van der Waals surface area contributed by atoms with Gasteiger partial charge in [-0.15, -0.1) is 0 Å². The zero-order chi connectivity index (χ0) is 21.5. The van der Waals surface area contributed by atoms with E-state index < -0.39 is 24.1 Å². The minimum absolute atomic E-state index is 0.0191. The van der Waals surface area contributed by atoms with Gasteiger partial charge in [-0.3, -0.25) is 9.59 Å². The maximum atomic E-state index is 12.7. The fourth-order valence-electron chi connectivity index (χ4n) is 8.68. The van der Waals surface area contributed by atoms with Gasteiger partial charge in [0.15, 0.2) is 6.29 Å². The fourth-order valence-corrected chi connectivity index (χ4v) is 8.68. The van der Waals surface area contributed by atoms with Crippen LogP contribution in [-0.2, 0) is 23.8 Å². The fraction of sp³-hybridized carbons (Fsp3) is 0.917. The summed E-state index contributed by atoms with van der Waals surface area (Å²) >= 11 is 0. The van der Waals surface area contributed by atoms with E-state index >= 15 is 0 Å². The first-order valence-corrected chi connectivity index (χ1v) is 11.9. The standard InChI is InChI=1S/C24H36O6/c1-5-7-17(25)28-16-12-15-22(2,3)10-6-11-23(15,4)14-9-8-13-18-20(29-19(13)26)30-21(27)24(14,16)18/h13-16,18,20-21,27H,5-12H2,1-4H3/t13-,14-,15+,16-,18+,20+,21?,23-,24-/m1/s1. The van der Waals surface area contributed by atoms with Crippen molar-refractivity contribution in [3.8, 4) is 0 Å². The maximum Gasteiger partial charge on any atom is 0.311 e. The highest BCUT2D eigenvalue weighted by Gasteiger charge is 2.78. The summed E-state index contributed by atoms with van der Waals surface area (Å²) in [6.45, 7) is 9.04. The molecule has 6 heteroatoms. The van der Waals surface area contributed by atoms with Gasteiger partial charge in [0.2, 0.25) is 6.29 Å². The minimum atomic E-state index is -1.07. The lowest BCUT2D eigenvalue weighted by Gasteiger charge is -2.67. The molecule has 0 amide bonds. The van der Waals surface area contributed by atoms with Crippen molar-refractivity contribution in [2.75, 3.05) is 0 Å². The maximum absolute atomic E-state index is 12.7. The Morgan fingerprint density at radius 2 is 1.97 bits per heavy atom. The van der Waals surface area contributed by atoms with Crippen molar-refractivity contribution in [1.82, 2.24) is 0 Å². The Balaban J connectivity index is 1.64. The van der Waals surface area contributed by atoms with E-state index in [0.29, 0.717) is 12.3 Å². The first kappa shape index (κ1) is 20.7. The topological polar surface area (TPSA) is 82.1 Å². The molecule has 6 nitrogen and oxygen atoms in total. The molecule has 0 aromatic rings. The first-order chi connectivity index (χ1) is 14.2. The molecule has 5 aliphatic rings. The van der Waals surface area contributed by atoms with Crippen molar-refractivity contribution in [3.05, 3.63) is 0 Å². The van der Waals surface area contributed by atoms with Crippen molar-refractivity contribution >= 4 is 11.9 Å². The zero-order valence-electron chi connectivity index (χ0n) is 18.7. The van der Waals surface area contributed by atoms with Crippen molar-refractivity contribution < 1.29 is 28.9 Å². The van der Waals surface area contributed by atoms with Crippen molar-refractivity contribution in [2.45, 2.75) is 97.7 Å². The average Bonchev–Trinajstić information content (AvgIpc) is 3.13. The second kappa shape index (κ2) is 6.68. The van der Waals surface area contributed by atoms with Crippen LogP contribution in [0.1, 0.15) is 79.1 Å². The van der Waals surface area contributed by atoms with Crippen molar-refractivity contribution in [2.24, 2.45) is 39.9 Å². The second-order valence-electron chi connectivity index (χ2n) is 11.4. The van der Waals surface area contributed by atoms with Crippen molar-refractivity contribution in [1.29, 1.82) is 0 Å². The highest BCUT2D eigenvalue weighted by atomic mass is 16.8. The number of hydrogen-bond acceptors (Lipinski definition) is 6. The van der Waals surface area contributed by atoms with Gasteiger partial charge in [-0.05, 0) is 61.2 Å². The number of aliphatic hydroxyl groups excluding tert-OH is 1. The summed E-state index contributed by atoms with van der Waals surface area (Å²) < 4.78 is 17.6. The Morgan fingerprint density at radius 1 is 1.20 bits per heavy atom. The molecule has 1 unspecified atom stereocenters. The van der Waals surface area contributed by atoms with Crippen LogP contribution in [0.3, 0.4) is 0 Å². The Bertz CT molecular complexity index is 748. The first-order valence-electron chi connectivity index (χ1n) is 11.9. The zero-order valence-corrected chi connectivity index (χ0v) is 18.7. The number of carbonyl (C=O) groups is 2. The van der Waals surface area contributed by atoms with Crippen LogP contribution >= 0.6 is 0 Å². The molecule has 3 aliphatic carbocycles. The third kappa shape index (κ3) is 2.49. The Hall–Kier alpha value is -1.14. The van der Waals surface area contributed by atoms with E-state index in [9.17, 15) is 14.7 Å². The van der Waals surface area contributed by atoms with E-state index in [1.165, 1.54) is 0 Å². The van der Waals surface area contributed by atoms with E-state index in [1.54, 1.807) is 0 Å². The highest BCUT2D eigenvalue weighted by molar-refractivity contribution is 5.76. The Morgan fingerprint density at radius 3 is 2.70 bits per heavy atom. The van der Waals surface area contributed by atoms with Crippen LogP contribution in [0.15, 0.2) is 0 Å². The van der Waals surface area contributed by atoms with Crippen LogP contribution < -0.4 is 0 Å². The number of fused-ring (bicyclic) bond motifs is 2. The summed E-state index contributed by atoms with van der Waals surface area (Å²) in [5, 5.41) is 11.4. The van der Waals surface area contributed by atoms with Gasteiger partial charge < -0.3 is 19.3 Å². The number of hydrogen-bond donors (Lipinski definition) is 1. The molecular formula is C24H36O6. The molecule has 5 fully saturated rings. The van der Waals surface area contributed by atoms with Crippen LogP contribution in [0.25, 0.3) is 0 Å². The van der Waals surface area contributed by atoms with Gasteiger partial charge in [-0.2, -0.15) is 0 Å². The average molecular weight is 421 g/mol. The molecule has 0 bridgehead atoms. The smallest absolute Gasteiger partial charge is 0.311 e. The molecule has 3 saturated carbocycles. The lowest BCUT2D eigenvalue weighted by Crippen LogP contribution is -2.68. The second-order valence-corrected chi connectivity index (χ2v) is 11.4. The number of aliphatic hydroxyl groups is 1. The lowest BCUT2D eigenvalue weighted by atomic mass is 9.37. The molecule has 2 aliphatic heterocycles. The molecule has 168 valence electrons. The summed E-state index contributed by atoms with van der Waals surface area (Å²) in [4.78, 5) is 25.3. The Labute approximate surface area is 179 Å². The molecule has 0 radical (unpaired) electrons. The predicted molar refractivity (Wildman–Crippen MR) is 108 cm³/mol. The molecule has 0 aromatic heterocycles. The molecule has 1 spiro atoms. The van der Waals surface area contributed by atoms with Crippen LogP contribution in [-0.4, -0.2) is 35.7 Å². The number of ether oxygens (including phenoxy) is 3. The molecule has 9 atom stereocenters. The van der Waals surface area contributed by atoms with Gasteiger partial charge in [0, 0.05) is 12.3 Å². The number of esters is 2. The summed E-state index contributed by atoms with van der Waals surface area (Å²) in [6, 6.07) is 0. The minimum Gasteiger partial charge on any atom is -0.462 e. The quantitative estimate of drug-likeness (QED) is 0.700. The largest absolute Gasteiger partial charge is 0.462 e. The molecule has 0 aromatic carbocycles. The summed E-state index contributed by atoms with van der Waals surface area (Å²) in [5.74, 6) is -0.401. The summed E-state index contributed by atoms with van der Waals surface area (Å²) in [6.07, 6.45) is 4.62. The molecule has 30 heavy (non-hydrogen) atoms. The molecule has 2 heterocycles. The van der Waals surface area contributed by atoms with E-state index in [4.69, 9.17) is 14.2 Å². The van der Waals surface area contributed by atoms with Crippen LogP contribution in [0.4, 0.5) is 0 Å². The van der Waals surface area contributed by atoms with E-state index in [-0.39, 0.29) is 40.5 Å². The van der Waals surface area contributed by atoms with E-state index in [2.05, 4.69) is 20.8 Å². The Kier molecular flexibility index (Phi) is 4.62. The normalized spacial score (nSPS) is 50.8. The predicted octanol–water partition coefficient (Wildman–Crippen LogP) is 3.79.